The van der Waals surface area contributed by atoms with E-state index in [1.54, 1.807) is 32.9 Å². The third-order valence-electron chi connectivity index (χ3n) is 4.15. The Hall–Kier alpha value is -2.09. The van der Waals surface area contributed by atoms with Gasteiger partial charge in [-0.05, 0) is 46.2 Å². The zero-order valence-electron chi connectivity index (χ0n) is 15.7. The summed E-state index contributed by atoms with van der Waals surface area (Å²) in [6.07, 6.45) is -0.753. The van der Waals surface area contributed by atoms with Crippen molar-refractivity contribution < 1.29 is 27.5 Å². The molecular weight excluding hydrogens is 358 g/mol. The molecule has 1 amide bonds. The average Bonchev–Trinajstić information content (AvgIpc) is 2.99. The first-order valence-corrected chi connectivity index (χ1v) is 9.88. The molecule has 0 aromatic heterocycles. The molecule has 1 aliphatic heterocycles. The SMILES string of the molecule is COC(=O)[C@H]1CC(S(=O)(=O)c2ccc(C)cc2)CN1C(=O)OC(C)(C)C. The molecule has 0 aliphatic carbocycles. The van der Waals surface area contributed by atoms with Gasteiger partial charge in [-0.3, -0.25) is 4.90 Å². The van der Waals surface area contributed by atoms with Crippen LogP contribution in [0.25, 0.3) is 0 Å². The molecule has 1 aromatic rings. The van der Waals surface area contributed by atoms with Crippen LogP contribution < -0.4 is 0 Å². The Morgan fingerprint density at radius 2 is 1.73 bits per heavy atom. The summed E-state index contributed by atoms with van der Waals surface area (Å²) in [4.78, 5) is 25.8. The van der Waals surface area contributed by atoms with Crippen molar-refractivity contribution in [1.29, 1.82) is 0 Å². The van der Waals surface area contributed by atoms with Crippen LogP contribution in [0.3, 0.4) is 0 Å². The number of ether oxygens (including phenoxy) is 2. The highest BCUT2D eigenvalue weighted by Gasteiger charge is 2.47. The first kappa shape index (κ1) is 20.2. The molecule has 2 rings (SSSR count). The summed E-state index contributed by atoms with van der Waals surface area (Å²) < 4.78 is 35.9. The third kappa shape index (κ3) is 4.35. The van der Waals surface area contributed by atoms with E-state index in [0.29, 0.717) is 0 Å². The standard InChI is InChI=1S/C18H25NO6S/c1-12-6-8-13(9-7-12)26(22,23)14-10-15(16(20)24-5)19(11-14)17(21)25-18(2,3)4/h6-9,14-15H,10-11H2,1-5H3/t14?,15-/m1/s1. The lowest BCUT2D eigenvalue weighted by Gasteiger charge is -2.27. The Labute approximate surface area is 154 Å². The van der Waals surface area contributed by atoms with Gasteiger partial charge in [0.25, 0.3) is 0 Å². The molecule has 1 saturated heterocycles. The predicted octanol–water partition coefficient (Wildman–Crippen LogP) is 2.32. The second-order valence-corrected chi connectivity index (χ2v) is 9.62. The highest BCUT2D eigenvalue weighted by atomic mass is 32.2. The quantitative estimate of drug-likeness (QED) is 0.744. The highest BCUT2D eigenvalue weighted by molar-refractivity contribution is 7.92. The van der Waals surface area contributed by atoms with E-state index in [4.69, 9.17) is 9.47 Å². The minimum atomic E-state index is -3.70. The Morgan fingerprint density at radius 1 is 1.15 bits per heavy atom. The van der Waals surface area contributed by atoms with Crippen molar-refractivity contribution in [2.45, 2.75) is 55.9 Å². The van der Waals surface area contributed by atoms with Crippen molar-refractivity contribution >= 4 is 21.9 Å². The molecular formula is C18H25NO6S. The molecule has 0 spiro atoms. The zero-order chi connectivity index (χ0) is 19.7. The molecule has 1 aromatic carbocycles. The molecule has 1 fully saturated rings. The molecule has 1 heterocycles. The van der Waals surface area contributed by atoms with Gasteiger partial charge in [-0.15, -0.1) is 0 Å². The van der Waals surface area contributed by atoms with Crippen LogP contribution in [-0.2, 0) is 24.1 Å². The van der Waals surface area contributed by atoms with Crippen molar-refractivity contribution in [2.75, 3.05) is 13.7 Å². The smallest absolute Gasteiger partial charge is 0.411 e. The molecule has 0 N–H and O–H groups in total. The Balaban J connectivity index is 2.30. The fourth-order valence-electron chi connectivity index (χ4n) is 2.82. The molecule has 26 heavy (non-hydrogen) atoms. The van der Waals surface area contributed by atoms with E-state index in [9.17, 15) is 18.0 Å². The van der Waals surface area contributed by atoms with Gasteiger partial charge in [-0.2, -0.15) is 0 Å². The van der Waals surface area contributed by atoms with E-state index in [-0.39, 0.29) is 17.9 Å². The van der Waals surface area contributed by atoms with E-state index in [2.05, 4.69) is 0 Å². The van der Waals surface area contributed by atoms with Crippen LogP contribution in [0.5, 0.6) is 0 Å². The van der Waals surface area contributed by atoms with Gasteiger partial charge in [0.05, 0.1) is 17.3 Å². The number of sulfone groups is 1. The largest absolute Gasteiger partial charge is 0.467 e. The Kier molecular flexibility index (Phi) is 5.65. The molecule has 144 valence electrons. The molecule has 2 atom stereocenters. The fraction of sp³-hybridized carbons (Fsp3) is 0.556. The normalized spacial score (nSPS) is 20.7. The number of likely N-dealkylation sites (tertiary alicyclic amines) is 1. The number of methoxy groups -OCH3 is 1. The first-order chi connectivity index (χ1) is 12.0. The monoisotopic (exact) mass is 383 g/mol. The summed E-state index contributed by atoms with van der Waals surface area (Å²) >= 11 is 0. The van der Waals surface area contributed by atoms with Crippen molar-refractivity contribution in [3.05, 3.63) is 29.8 Å². The number of carbonyl (C=O) groups is 2. The van der Waals surface area contributed by atoms with E-state index in [1.165, 1.54) is 19.2 Å². The molecule has 1 aliphatic rings. The number of carbonyl (C=O) groups excluding carboxylic acids is 2. The number of hydrogen-bond acceptors (Lipinski definition) is 6. The van der Waals surface area contributed by atoms with Crippen molar-refractivity contribution in [3.8, 4) is 0 Å². The van der Waals surface area contributed by atoms with Crippen molar-refractivity contribution in [1.82, 2.24) is 4.90 Å². The molecule has 7 nitrogen and oxygen atoms in total. The van der Waals surface area contributed by atoms with Gasteiger partial charge in [0, 0.05) is 6.54 Å². The summed E-state index contributed by atoms with van der Waals surface area (Å²) in [5.41, 5.74) is 0.185. The number of hydrogen-bond donors (Lipinski definition) is 0. The van der Waals surface area contributed by atoms with E-state index >= 15 is 0 Å². The van der Waals surface area contributed by atoms with Gasteiger partial charge < -0.3 is 9.47 Å². The summed E-state index contributed by atoms with van der Waals surface area (Å²) in [6.45, 7) is 6.85. The molecule has 0 bridgehead atoms. The lowest BCUT2D eigenvalue weighted by atomic mass is 10.2. The number of nitrogens with zero attached hydrogens (tertiary/aromatic N) is 1. The predicted molar refractivity (Wildman–Crippen MR) is 95.5 cm³/mol. The molecule has 0 saturated carbocycles. The topological polar surface area (TPSA) is 90.0 Å². The van der Waals surface area contributed by atoms with Crippen LogP contribution in [0.15, 0.2) is 29.2 Å². The van der Waals surface area contributed by atoms with Crippen LogP contribution in [0.1, 0.15) is 32.8 Å². The van der Waals surface area contributed by atoms with Crippen LogP contribution >= 0.6 is 0 Å². The molecule has 8 heteroatoms. The lowest BCUT2D eigenvalue weighted by molar-refractivity contribution is -0.145. The highest BCUT2D eigenvalue weighted by Crippen LogP contribution is 2.30. The minimum Gasteiger partial charge on any atom is -0.467 e. The van der Waals surface area contributed by atoms with E-state index in [0.717, 1.165) is 10.5 Å². The Morgan fingerprint density at radius 3 is 2.23 bits per heavy atom. The summed E-state index contributed by atoms with van der Waals surface area (Å²) in [5, 5.41) is -0.901. The number of aryl methyl sites for hydroxylation is 1. The van der Waals surface area contributed by atoms with Gasteiger partial charge in [-0.1, -0.05) is 17.7 Å². The van der Waals surface area contributed by atoms with Crippen molar-refractivity contribution in [3.63, 3.8) is 0 Å². The first-order valence-electron chi connectivity index (χ1n) is 8.33. The maximum absolute atomic E-state index is 12.9. The van der Waals surface area contributed by atoms with Gasteiger partial charge in [0.15, 0.2) is 9.84 Å². The summed E-state index contributed by atoms with van der Waals surface area (Å²) in [6, 6.07) is 5.51. The minimum absolute atomic E-state index is 0.0257. The van der Waals surface area contributed by atoms with Crippen LogP contribution in [-0.4, -0.2) is 55.9 Å². The summed E-state index contributed by atoms with van der Waals surface area (Å²) in [7, 11) is -2.49. The fourth-order valence-corrected chi connectivity index (χ4v) is 4.52. The van der Waals surface area contributed by atoms with Crippen LogP contribution in [0.2, 0.25) is 0 Å². The van der Waals surface area contributed by atoms with E-state index in [1.807, 2.05) is 6.92 Å². The zero-order valence-corrected chi connectivity index (χ0v) is 16.5. The number of rotatable bonds is 3. The summed E-state index contributed by atoms with van der Waals surface area (Å²) in [5.74, 6) is -0.655. The maximum Gasteiger partial charge on any atom is 0.411 e. The maximum atomic E-state index is 12.9. The van der Waals surface area contributed by atoms with Crippen LogP contribution in [0, 0.1) is 6.92 Å². The lowest BCUT2D eigenvalue weighted by Crippen LogP contribution is -2.44. The number of esters is 1. The Bertz CT molecular complexity index is 779. The van der Waals surface area contributed by atoms with Crippen molar-refractivity contribution in [2.24, 2.45) is 0 Å². The molecule has 0 radical (unpaired) electrons. The third-order valence-corrected chi connectivity index (χ3v) is 6.30. The second-order valence-electron chi connectivity index (χ2n) is 7.39. The molecule has 1 unspecified atom stereocenters. The van der Waals surface area contributed by atoms with Gasteiger partial charge >= 0.3 is 12.1 Å². The van der Waals surface area contributed by atoms with Gasteiger partial charge in [0.2, 0.25) is 0 Å². The van der Waals surface area contributed by atoms with Gasteiger partial charge in [-0.25, -0.2) is 18.0 Å². The van der Waals surface area contributed by atoms with E-state index < -0.39 is 38.8 Å². The number of benzene rings is 1. The van der Waals surface area contributed by atoms with Crippen LogP contribution in [0.4, 0.5) is 4.79 Å². The number of amides is 1. The average molecular weight is 383 g/mol. The van der Waals surface area contributed by atoms with Gasteiger partial charge in [0.1, 0.15) is 11.6 Å². The second kappa shape index (κ2) is 7.26.